The average Bonchev–Trinajstić information content (AvgIpc) is 2.05. The van der Waals surface area contributed by atoms with Gasteiger partial charge in [0.2, 0.25) is 0 Å². The Morgan fingerprint density at radius 2 is 2.31 bits per heavy atom. The Kier molecular flexibility index (Phi) is 6.20. The van der Waals surface area contributed by atoms with Crippen molar-refractivity contribution >= 4 is 28.3 Å². The number of hydrogen-bond acceptors (Lipinski definition) is 2. The van der Waals surface area contributed by atoms with Crippen LogP contribution in [0.4, 0.5) is 4.39 Å². The zero-order valence-electron chi connectivity index (χ0n) is 6.91. The lowest BCUT2D eigenvalue weighted by Crippen LogP contribution is -2.10. The van der Waals surface area contributed by atoms with Crippen molar-refractivity contribution in [1.82, 2.24) is 4.98 Å². The van der Waals surface area contributed by atoms with Gasteiger partial charge in [-0.1, -0.05) is 0 Å². The number of hydrogen-bond donors (Lipinski definition) is 1. The van der Waals surface area contributed by atoms with Crippen LogP contribution in [0.2, 0.25) is 0 Å². The van der Waals surface area contributed by atoms with Crippen molar-refractivity contribution in [2.24, 2.45) is 5.73 Å². The minimum atomic E-state index is -0.388. The summed E-state index contributed by atoms with van der Waals surface area (Å²) in [7, 11) is 0. The van der Waals surface area contributed by atoms with Gasteiger partial charge in [0.25, 0.3) is 0 Å². The van der Waals surface area contributed by atoms with Crippen LogP contribution in [-0.2, 0) is 0 Å². The summed E-state index contributed by atoms with van der Waals surface area (Å²) in [5.74, 6) is 0. The Balaban J connectivity index is 0.00000144. The maximum atomic E-state index is 11.9. The lowest BCUT2D eigenvalue weighted by molar-refractivity contribution is 0.441. The Bertz CT molecular complexity index is 260. The summed E-state index contributed by atoms with van der Waals surface area (Å²) >= 11 is 3.22. The molecule has 0 saturated heterocycles. The summed E-state index contributed by atoms with van der Waals surface area (Å²) < 4.78 is 12.7. The Labute approximate surface area is 91.3 Å². The van der Waals surface area contributed by atoms with Gasteiger partial charge in [-0.3, -0.25) is 4.39 Å². The lowest BCUT2D eigenvalue weighted by atomic mass is 10.1. The third-order valence-electron chi connectivity index (χ3n) is 1.60. The number of nitrogens with two attached hydrogens (primary N) is 1. The van der Waals surface area contributed by atoms with E-state index in [1.807, 2.05) is 0 Å². The molecule has 0 aliphatic carbocycles. The van der Waals surface area contributed by atoms with Crippen LogP contribution in [-0.4, -0.2) is 11.7 Å². The topological polar surface area (TPSA) is 38.9 Å². The van der Waals surface area contributed by atoms with E-state index in [0.29, 0.717) is 6.42 Å². The van der Waals surface area contributed by atoms with E-state index >= 15 is 0 Å². The van der Waals surface area contributed by atoms with Crippen LogP contribution in [0.3, 0.4) is 0 Å². The molecule has 1 heterocycles. The fraction of sp³-hybridized carbons (Fsp3) is 0.375. The molecule has 2 N–H and O–H groups in total. The molecule has 0 aliphatic rings. The highest BCUT2D eigenvalue weighted by molar-refractivity contribution is 9.10. The van der Waals surface area contributed by atoms with Gasteiger partial charge in [0, 0.05) is 12.2 Å². The molecule has 0 spiro atoms. The first kappa shape index (κ1) is 12.8. The summed E-state index contributed by atoms with van der Waals surface area (Å²) in [5, 5.41) is 0. The highest BCUT2D eigenvalue weighted by Crippen LogP contribution is 2.16. The molecule has 0 fully saturated rings. The van der Waals surface area contributed by atoms with E-state index in [1.165, 1.54) is 0 Å². The smallest absolute Gasteiger partial charge is 0.106 e. The Morgan fingerprint density at radius 3 is 2.85 bits per heavy atom. The van der Waals surface area contributed by atoms with Gasteiger partial charge in [0.05, 0.1) is 6.67 Å². The summed E-state index contributed by atoms with van der Waals surface area (Å²) in [6.07, 6.45) is 2.01. The largest absolute Gasteiger partial charge is 0.324 e. The zero-order chi connectivity index (χ0) is 8.97. The number of alkyl halides is 1. The van der Waals surface area contributed by atoms with Crippen LogP contribution < -0.4 is 5.73 Å². The summed E-state index contributed by atoms with van der Waals surface area (Å²) in [6, 6.07) is 3.38. The van der Waals surface area contributed by atoms with Gasteiger partial charge in [0.15, 0.2) is 0 Å². The van der Waals surface area contributed by atoms with E-state index in [9.17, 15) is 4.39 Å². The Morgan fingerprint density at radius 1 is 1.62 bits per heavy atom. The second-order valence-corrected chi connectivity index (χ2v) is 3.31. The Hall–Kier alpha value is -0.190. The fourth-order valence-electron chi connectivity index (χ4n) is 0.932. The number of aromatic nitrogens is 1. The normalized spacial score (nSPS) is 11.9. The van der Waals surface area contributed by atoms with Gasteiger partial charge in [-0.05, 0) is 40.0 Å². The molecule has 0 aromatic carbocycles. The van der Waals surface area contributed by atoms with Crippen LogP contribution in [0, 0.1) is 0 Å². The first-order valence-electron chi connectivity index (χ1n) is 3.67. The first-order valence-corrected chi connectivity index (χ1v) is 4.46. The van der Waals surface area contributed by atoms with Crippen molar-refractivity contribution in [1.29, 1.82) is 0 Å². The molecule has 13 heavy (non-hydrogen) atoms. The zero-order valence-corrected chi connectivity index (χ0v) is 9.31. The summed E-state index contributed by atoms with van der Waals surface area (Å²) in [6.45, 7) is -0.388. The molecule has 74 valence electrons. The van der Waals surface area contributed by atoms with Gasteiger partial charge in [-0.2, -0.15) is 0 Å². The molecule has 2 nitrogen and oxygen atoms in total. The predicted molar refractivity (Wildman–Crippen MR) is 56.7 cm³/mol. The monoisotopic (exact) mass is 268 g/mol. The molecule has 1 rings (SSSR count). The molecule has 1 aromatic rings. The van der Waals surface area contributed by atoms with Crippen molar-refractivity contribution in [2.45, 2.75) is 12.5 Å². The van der Waals surface area contributed by atoms with Crippen LogP contribution in [0.15, 0.2) is 22.9 Å². The molecular weight excluding hydrogens is 258 g/mol. The van der Waals surface area contributed by atoms with Gasteiger partial charge < -0.3 is 5.73 Å². The third kappa shape index (κ3) is 4.02. The number of pyridine rings is 1. The molecule has 1 atom stereocenters. The van der Waals surface area contributed by atoms with E-state index in [4.69, 9.17) is 5.73 Å². The van der Waals surface area contributed by atoms with Crippen molar-refractivity contribution in [3.63, 3.8) is 0 Å². The van der Waals surface area contributed by atoms with Gasteiger partial charge >= 0.3 is 0 Å². The van der Waals surface area contributed by atoms with Crippen molar-refractivity contribution in [2.75, 3.05) is 6.67 Å². The number of rotatable bonds is 3. The second-order valence-electron chi connectivity index (χ2n) is 2.50. The van der Waals surface area contributed by atoms with Gasteiger partial charge in [0.1, 0.15) is 4.60 Å². The van der Waals surface area contributed by atoms with Crippen molar-refractivity contribution < 1.29 is 4.39 Å². The molecule has 0 saturated carbocycles. The molecule has 0 aliphatic heterocycles. The summed E-state index contributed by atoms with van der Waals surface area (Å²) in [4.78, 5) is 3.95. The molecule has 1 aromatic heterocycles. The van der Waals surface area contributed by atoms with Crippen molar-refractivity contribution in [3.8, 4) is 0 Å². The third-order valence-corrected chi connectivity index (χ3v) is 2.03. The standard InChI is InChI=1S/C8H10BrFN2.ClH/c9-8-5-6(2-4-12-8)7(11)1-3-10;/h2,4-5,7H,1,3,11H2;1H/t7-;/m0./s1. The quantitative estimate of drug-likeness (QED) is 0.857. The lowest BCUT2D eigenvalue weighted by Gasteiger charge is -2.08. The van der Waals surface area contributed by atoms with Crippen LogP contribution >= 0.6 is 28.3 Å². The van der Waals surface area contributed by atoms with Gasteiger partial charge in [-0.15, -0.1) is 12.4 Å². The van der Waals surface area contributed by atoms with E-state index < -0.39 is 0 Å². The average molecular weight is 270 g/mol. The highest BCUT2D eigenvalue weighted by atomic mass is 79.9. The molecule has 0 radical (unpaired) electrons. The number of halogens is 3. The molecule has 0 amide bonds. The SMILES string of the molecule is Cl.N[C@@H](CCF)c1ccnc(Br)c1. The van der Waals surface area contributed by atoms with E-state index in [0.717, 1.165) is 10.2 Å². The molecule has 0 bridgehead atoms. The minimum absolute atomic E-state index is 0. The maximum absolute atomic E-state index is 11.9. The van der Waals surface area contributed by atoms with Crippen LogP contribution in [0.5, 0.6) is 0 Å². The molecule has 5 heteroatoms. The molecular formula is C8H11BrClFN2. The van der Waals surface area contributed by atoms with E-state index in [-0.39, 0.29) is 25.1 Å². The van der Waals surface area contributed by atoms with Crippen molar-refractivity contribution in [3.05, 3.63) is 28.5 Å². The number of nitrogens with zero attached hydrogens (tertiary/aromatic N) is 1. The highest BCUT2D eigenvalue weighted by Gasteiger charge is 2.05. The predicted octanol–water partition coefficient (Wildman–Crippen LogP) is 2.63. The summed E-state index contributed by atoms with van der Waals surface area (Å²) in [5.41, 5.74) is 6.60. The first-order chi connectivity index (χ1) is 5.74. The van der Waals surface area contributed by atoms with Gasteiger partial charge in [-0.25, -0.2) is 4.98 Å². The second kappa shape index (κ2) is 6.29. The van der Waals surface area contributed by atoms with Crippen LogP contribution in [0.1, 0.15) is 18.0 Å². The maximum Gasteiger partial charge on any atom is 0.106 e. The molecule has 0 unspecified atom stereocenters. The van der Waals surface area contributed by atoms with E-state index in [2.05, 4.69) is 20.9 Å². The fourth-order valence-corrected chi connectivity index (χ4v) is 1.31. The van der Waals surface area contributed by atoms with Crippen LogP contribution in [0.25, 0.3) is 0 Å². The minimum Gasteiger partial charge on any atom is -0.324 e. The van der Waals surface area contributed by atoms with E-state index in [1.54, 1.807) is 18.3 Å².